The van der Waals surface area contributed by atoms with Crippen LogP contribution < -0.4 is 0 Å². The molecule has 0 saturated heterocycles. The van der Waals surface area contributed by atoms with E-state index >= 15 is 0 Å². The van der Waals surface area contributed by atoms with Gasteiger partial charge < -0.3 is 18.9 Å². The number of rotatable bonds is 57. The lowest BCUT2D eigenvalue weighted by atomic mass is 10.0. The number of hydrogen-bond acceptors (Lipinski definition) is 7. The number of likely N-dealkylation sites (N-methyl/N-ethyl adjacent to an activating group) is 1. The Bertz CT molecular complexity index is 1430. The van der Waals surface area contributed by atoms with E-state index in [1.165, 1.54) is 186 Å². The Morgan fingerprint density at radius 3 is 1.11 bits per heavy atom. The first-order valence-corrected chi connectivity index (χ1v) is 32.5. The summed E-state index contributed by atoms with van der Waals surface area (Å²) in [6.45, 7) is 4.41. The van der Waals surface area contributed by atoms with E-state index in [0.29, 0.717) is 17.4 Å². The molecule has 0 saturated carbocycles. The standard InChI is InChI=1S/C64H118NO8P/c1-6-8-10-12-14-16-18-20-22-24-25-26-27-28-29-30-31-32-33-34-35-36-37-38-39-41-43-45-47-49-51-53-55-57-64(67)73-62(61-72-74(68,69)71-59-58-65(3,4)5)60-70-63(66)56-54-52-50-48-46-44-42-40-23-21-19-17-15-13-11-9-7-2/h15,17-18,20-21,23-25,27-28,62H,6-14,16,19,22,26,29-61H2,1-5H3/p+1/b17-15-,20-18-,23-21-,25-24-,28-27-. The van der Waals surface area contributed by atoms with Gasteiger partial charge in [0.25, 0.3) is 0 Å². The zero-order valence-electron chi connectivity index (χ0n) is 49.1. The van der Waals surface area contributed by atoms with Crippen LogP contribution in [0, 0.1) is 0 Å². The van der Waals surface area contributed by atoms with E-state index in [2.05, 4.69) is 74.6 Å². The van der Waals surface area contributed by atoms with Crippen molar-refractivity contribution >= 4 is 19.8 Å². The summed E-state index contributed by atoms with van der Waals surface area (Å²) in [4.78, 5) is 35.7. The van der Waals surface area contributed by atoms with Gasteiger partial charge in [-0.15, -0.1) is 0 Å². The second kappa shape index (κ2) is 55.5. The third kappa shape index (κ3) is 59.0. The van der Waals surface area contributed by atoms with Gasteiger partial charge in [-0.2, -0.15) is 0 Å². The van der Waals surface area contributed by atoms with E-state index in [1.54, 1.807) is 0 Å². The molecule has 0 aromatic carbocycles. The van der Waals surface area contributed by atoms with Crippen LogP contribution in [0.15, 0.2) is 60.8 Å². The molecule has 74 heavy (non-hydrogen) atoms. The molecule has 0 fully saturated rings. The maximum atomic E-state index is 12.8. The molecule has 432 valence electrons. The van der Waals surface area contributed by atoms with Crippen molar-refractivity contribution in [2.24, 2.45) is 0 Å². The van der Waals surface area contributed by atoms with Crippen molar-refractivity contribution in [2.45, 2.75) is 290 Å². The van der Waals surface area contributed by atoms with Gasteiger partial charge in [-0.05, 0) is 83.5 Å². The predicted octanol–water partition coefficient (Wildman–Crippen LogP) is 19.5. The Kier molecular flexibility index (Phi) is 53.7. The van der Waals surface area contributed by atoms with Gasteiger partial charge in [0.15, 0.2) is 6.10 Å². The monoisotopic (exact) mass is 1060 g/mol. The SMILES string of the molecule is CCCCC/C=C\C/C=C\CCCCCCCCCC(=O)OCC(COP(=O)(O)OCC[N+](C)(C)C)OC(=O)CCCCCCCCCCCCCCCCCCCC/C=C\C/C=C\C/C=C\CCCCCCC. The van der Waals surface area contributed by atoms with Crippen LogP contribution in [0.2, 0.25) is 0 Å². The fraction of sp³-hybridized carbons (Fsp3) is 0.812. The van der Waals surface area contributed by atoms with Gasteiger partial charge in [0.1, 0.15) is 19.8 Å². The number of ether oxygens (including phenoxy) is 2. The van der Waals surface area contributed by atoms with Gasteiger partial charge in [-0.25, -0.2) is 4.57 Å². The molecular formula is C64H119NO8P+. The average Bonchev–Trinajstić information content (AvgIpc) is 3.36. The Morgan fingerprint density at radius 2 is 0.730 bits per heavy atom. The lowest BCUT2D eigenvalue weighted by molar-refractivity contribution is -0.870. The van der Waals surface area contributed by atoms with Gasteiger partial charge in [-0.1, -0.05) is 248 Å². The highest BCUT2D eigenvalue weighted by atomic mass is 31.2. The molecule has 2 unspecified atom stereocenters. The van der Waals surface area contributed by atoms with Crippen LogP contribution >= 0.6 is 7.82 Å². The fourth-order valence-corrected chi connectivity index (χ4v) is 9.44. The Morgan fingerprint density at radius 1 is 0.419 bits per heavy atom. The minimum Gasteiger partial charge on any atom is -0.462 e. The van der Waals surface area contributed by atoms with E-state index in [9.17, 15) is 19.0 Å². The summed E-state index contributed by atoms with van der Waals surface area (Å²) < 4.78 is 34.6. The number of nitrogens with zero attached hydrogens (tertiary/aromatic N) is 1. The molecule has 0 rings (SSSR count). The van der Waals surface area contributed by atoms with Crippen molar-refractivity contribution < 1.29 is 42.1 Å². The molecule has 0 radical (unpaired) electrons. The molecule has 0 aliphatic carbocycles. The Balaban J connectivity index is 4.04. The normalized spacial score (nSPS) is 13.6. The van der Waals surface area contributed by atoms with Crippen molar-refractivity contribution in [3.8, 4) is 0 Å². The highest BCUT2D eigenvalue weighted by Crippen LogP contribution is 2.43. The summed E-state index contributed by atoms with van der Waals surface area (Å²) in [5.41, 5.74) is 0. The second-order valence-electron chi connectivity index (χ2n) is 22.1. The molecule has 0 aromatic rings. The van der Waals surface area contributed by atoms with Gasteiger partial charge in [0.05, 0.1) is 27.7 Å². The van der Waals surface area contributed by atoms with E-state index in [4.69, 9.17) is 18.5 Å². The number of esters is 2. The van der Waals surface area contributed by atoms with Crippen molar-refractivity contribution in [2.75, 3.05) is 47.5 Å². The van der Waals surface area contributed by atoms with Gasteiger partial charge >= 0.3 is 19.8 Å². The molecule has 0 bridgehead atoms. The zero-order valence-corrected chi connectivity index (χ0v) is 50.0. The quantitative estimate of drug-likeness (QED) is 0.0211. The lowest BCUT2D eigenvalue weighted by Crippen LogP contribution is -2.37. The third-order valence-electron chi connectivity index (χ3n) is 13.5. The summed E-state index contributed by atoms with van der Waals surface area (Å²) in [5.74, 6) is -0.798. The number of carbonyl (C=O) groups excluding carboxylic acids is 2. The number of unbranched alkanes of at least 4 members (excludes halogenated alkanes) is 33. The van der Waals surface area contributed by atoms with Crippen molar-refractivity contribution in [1.82, 2.24) is 0 Å². The largest absolute Gasteiger partial charge is 0.472 e. The highest BCUT2D eigenvalue weighted by Gasteiger charge is 2.27. The predicted molar refractivity (Wildman–Crippen MR) is 316 cm³/mol. The molecule has 0 aliphatic heterocycles. The molecule has 1 N–H and O–H groups in total. The number of carbonyl (C=O) groups is 2. The topological polar surface area (TPSA) is 108 Å². The van der Waals surface area contributed by atoms with Gasteiger partial charge in [0, 0.05) is 12.8 Å². The van der Waals surface area contributed by atoms with Crippen molar-refractivity contribution in [3.63, 3.8) is 0 Å². The van der Waals surface area contributed by atoms with E-state index in [-0.39, 0.29) is 32.0 Å². The highest BCUT2D eigenvalue weighted by molar-refractivity contribution is 7.47. The summed E-state index contributed by atoms with van der Waals surface area (Å²) in [7, 11) is 1.48. The van der Waals surface area contributed by atoms with Crippen LogP contribution in [0.25, 0.3) is 0 Å². The first-order valence-electron chi connectivity index (χ1n) is 31.0. The van der Waals surface area contributed by atoms with Crippen LogP contribution in [0.1, 0.15) is 284 Å². The molecule has 2 atom stereocenters. The minimum absolute atomic E-state index is 0.0300. The number of allylic oxidation sites excluding steroid dienone is 10. The number of hydrogen-bond donors (Lipinski definition) is 1. The molecule has 9 nitrogen and oxygen atoms in total. The van der Waals surface area contributed by atoms with E-state index in [0.717, 1.165) is 64.2 Å². The number of phosphoric acid groups is 1. The molecule has 10 heteroatoms. The first kappa shape index (κ1) is 71.7. The maximum Gasteiger partial charge on any atom is 0.472 e. The average molecular weight is 1060 g/mol. The van der Waals surface area contributed by atoms with Crippen LogP contribution in [-0.4, -0.2) is 74.9 Å². The lowest BCUT2D eigenvalue weighted by Gasteiger charge is -2.24. The molecule has 0 amide bonds. The fourth-order valence-electron chi connectivity index (χ4n) is 8.70. The van der Waals surface area contributed by atoms with Gasteiger partial charge in [-0.3, -0.25) is 18.6 Å². The summed E-state index contributed by atoms with van der Waals surface area (Å²) in [5, 5.41) is 0. The number of phosphoric ester groups is 1. The van der Waals surface area contributed by atoms with Crippen molar-refractivity contribution in [1.29, 1.82) is 0 Å². The molecule has 0 aliphatic rings. The van der Waals surface area contributed by atoms with Crippen LogP contribution in [0.4, 0.5) is 0 Å². The Labute approximate surface area is 457 Å². The summed E-state index contributed by atoms with van der Waals surface area (Å²) in [6.07, 6.45) is 71.6. The second-order valence-corrected chi connectivity index (χ2v) is 23.5. The van der Waals surface area contributed by atoms with Crippen LogP contribution in [0.3, 0.4) is 0 Å². The maximum absolute atomic E-state index is 12.8. The Hall–Kier alpha value is -2.29. The van der Waals surface area contributed by atoms with Crippen molar-refractivity contribution in [3.05, 3.63) is 60.8 Å². The molecule has 0 aromatic heterocycles. The molecule has 0 spiro atoms. The summed E-state index contributed by atoms with van der Waals surface area (Å²) >= 11 is 0. The third-order valence-corrected chi connectivity index (χ3v) is 14.5. The number of quaternary nitrogens is 1. The van der Waals surface area contributed by atoms with Crippen LogP contribution in [0.5, 0.6) is 0 Å². The van der Waals surface area contributed by atoms with Gasteiger partial charge in [0.2, 0.25) is 0 Å². The smallest absolute Gasteiger partial charge is 0.462 e. The van der Waals surface area contributed by atoms with E-state index in [1.807, 2.05) is 21.1 Å². The zero-order chi connectivity index (χ0) is 54.2. The molecular weight excluding hydrogens is 942 g/mol. The first-order chi connectivity index (χ1) is 36.0. The minimum atomic E-state index is -4.39. The summed E-state index contributed by atoms with van der Waals surface area (Å²) in [6, 6.07) is 0. The molecule has 0 heterocycles. The van der Waals surface area contributed by atoms with E-state index < -0.39 is 26.5 Å². The van der Waals surface area contributed by atoms with Crippen LogP contribution in [-0.2, 0) is 32.7 Å².